The predicted molar refractivity (Wildman–Crippen MR) is 82.8 cm³/mol. The first kappa shape index (κ1) is 14.4. The zero-order valence-electron chi connectivity index (χ0n) is 10.6. The summed E-state index contributed by atoms with van der Waals surface area (Å²) < 4.78 is 6.27. The van der Waals surface area contributed by atoms with Crippen molar-refractivity contribution >= 4 is 27.5 Å². The van der Waals surface area contributed by atoms with Gasteiger partial charge in [-0.05, 0) is 41.8 Å². The van der Waals surface area contributed by atoms with Gasteiger partial charge in [0, 0.05) is 10.5 Å². The Morgan fingerprint density at radius 1 is 1.26 bits per heavy atom. The van der Waals surface area contributed by atoms with Gasteiger partial charge in [-0.1, -0.05) is 45.7 Å². The molecule has 0 spiro atoms. The third-order valence-corrected chi connectivity index (χ3v) is 3.75. The van der Waals surface area contributed by atoms with E-state index in [1.807, 2.05) is 30.3 Å². The number of methoxy groups -OCH3 is 1. The monoisotopic (exact) mass is 339 g/mol. The largest absolute Gasteiger partial charge is 0.495 e. The van der Waals surface area contributed by atoms with Crippen LogP contribution in [0.15, 0.2) is 46.9 Å². The van der Waals surface area contributed by atoms with Gasteiger partial charge in [-0.15, -0.1) is 0 Å². The van der Waals surface area contributed by atoms with Crippen molar-refractivity contribution in [3.63, 3.8) is 0 Å². The fraction of sp³-hybridized carbons (Fsp3) is 0.200. The van der Waals surface area contributed by atoms with E-state index in [0.29, 0.717) is 10.8 Å². The highest BCUT2D eigenvalue weighted by atomic mass is 79.9. The number of nitrogens with two attached hydrogens (primary N) is 1. The summed E-state index contributed by atoms with van der Waals surface area (Å²) in [5.74, 6) is 0.656. The van der Waals surface area contributed by atoms with E-state index in [9.17, 15) is 0 Å². The maximum absolute atomic E-state index is 6.24. The van der Waals surface area contributed by atoms with Crippen LogP contribution in [0.25, 0.3) is 0 Å². The summed E-state index contributed by atoms with van der Waals surface area (Å²) in [7, 11) is 1.60. The second kappa shape index (κ2) is 6.42. The van der Waals surface area contributed by atoms with Crippen LogP contribution in [-0.4, -0.2) is 7.11 Å². The molecular formula is C15H15BrClNO. The van der Waals surface area contributed by atoms with E-state index in [1.165, 1.54) is 5.56 Å². The van der Waals surface area contributed by atoms with E-state index in [0.717, 1.165) is 16.5 Å². The van der Waals surface area contributed by atoms with Crippen LogP contribution in [0.5, 0.6) is 5.75 Å². The highest BCUT2D eigenvalue weighted by Crippen LogP contribution is 2.28. The van der Waals surface area contributed by atoms with E-state index in [2.05, 4.69) is 28.1 Å². The molecule has 2 rings (SSSR count). The highest BCUT2D eigenvalue weighted by molar-refractivity contribution is 9.10. The van der Waals surface area contributed by atoms with Crippen LogP contribution in [0.1, 0.15) is 17.2 Å². The predicted octanol–water partition coefficient (Wildman–Crippen LogP) is 4.35. The van der Waals surface area contributed by atoms with Gasteiger partial charge in [0.2, 0.25) is 0 Å². The molecule has 2 nitrogen and oxygen atoms in total. The smallest absolute Gasteiger partial charge is 0.137 e. The summed E-state index contributed by atoms with van der Waals surface area (Å²) in [6.07, 6.45) is 0.768. The lowest BCUT2D eigenvalue weighted by Gasteiger charge is -2.14. The highest BCUT2D eigenvalue weighted by Gasteiger charge is 2.10. The summed E-state index contributed by atoms with van der Waals surface area (Å²) in [5, 5.41) is 0.598. The Bertz CT molecular complexity index is 574. The minimum atomic E-state index is -0.0829. The molecule has 0 aromatic heterocycles. The molecule has 0 fully saturated rings. The Morgan fingerprint density at radius 3 is 2.74 bits per heavy atom. The number of hydrogen-bond donors (Lipinski definition) is 1. The van der Waals surface area contributed by atoms with E-state index < -0.39 is 0 Å². The normalized spacial score (nSPS) is 12.2. The van der Waals surface area contributed by atoms with Crippen LogP contribution in [0.4, 0.5) is 0 Å². The molecule has 4 heteroatoms. The van der Waals surface area contributed by atoms with Gasteiger partial charge in [-0.25, -0.2) is 0 Å². The van der Waals surface area contributed by atoms with Gasteiger partial charge in [0.05, 0.1) is 12.1 Å². The molecule has 0 saturated heterocycles. The van der Waals surface area contributed by atoms with Gasteiger partial charge < -0.3 is 10.5 Å². The molecule has 0 saturated carbocycles. The molecule has 2 N–H and O–H groups in total. The fourth-order valence-electron chi connectivity index (χ4n) is 1.94. The Kier molecular flexibility index (Phi) is 4.86. The maximum atomic E-state index is 6.24. The first-order valence-corrected chi connectivity index (χ1v) is 7.10. The molecule has 2 aromatic carbocycles. The van der Waals surface area contributed by atoms with Gasteiger partial charge in [-0.3, -0.25) is 0 Å². The molecule has 0 amide bonds. The van der Waals surface area contributed by atoms with Crippen LogP contribution >= 0.6 is 27.5 Å². The molecule has 0 bridgehead atoms. The summed E-state index contributed by atoms with van der Waals surface area (Å²) in [5.41, 5.74) is 8.44. The summed E-state index contributed by atoms with van der Waals surface area (Å²) in [6, 6.07) is 13.7. The Labute approximate surface area is 126 Å². The van der Waals surface area contributed by atoms with Crippen LogP contribution < -0.4 is 10.5 Å². The Morgan fingerprint density at radius 2 is 2.05 bits per heavy atom. The molecule has 0 aliphatic rings. The van der Waals surface area contributed by atoms with E-state index >= 15 is 0 Å². The molecule has 100 valence electrons. The number of benzene rings is 2. The zero-order chi connectivity index (χ0) is 13.8. The van der Waals surface area contributed by atoms with E-state index in [-0.39, 0.29) is 6.04 Å². The van der Waals surface area contributed by atoms with Crippen LogP contribution in [-0.2, 0) is 6.42 Å². The quantitative estimate of drug-likeness (QED) is 0.898. The van der Waals surface area contributed by atoms with E-state index in [4.69, 9.17) is 22.1 Å². The first-order chi connectivity index (χ1) is 9.10. The standard InChI is InChI=1S/C15H15BrClNO/c1-19-15-9-11(5-6-13(15)17)14(18)8-10-3-2-4-12(16)7-10/h2-7,9,14H,8,18H2,1H3. The second-order valence-electron chi connectivity index (χ2n) is 4.33. The maximum Gasteiger partial charge on any atom is 0.137 e. The van der Waals surface area contributed by atoms with Gasteiger partial charge in [-0.2, -0.15) is 0 Å². The lowest BCUT2D eigenvalue weighted by atomic mass is 9.99. The van der Waals surface area contributed by atoms with Crippen molar-refractivity contribution in [3.8, 4) is 5.75 Å². The van der Waals surface area contributed by atoms with Crippen LogP contribution in [0.2, 0.25) is 5.02 Å². The summed E-state index contributed by atoms with van der Waals surface area (Å²) in [4.78, 5) is 0. The molecular weight excluding hydrogens is 326 g/mol. The minimum Gasteiger partial charge on any atom is -0.495 e. The van der Waals surface area contributed by atoms with Gasteiger partial charge in [0.25, 0.3) is 0 Å². The van der Waals surface area contributed by atoms with Crippen molar-refractivity contribution in [1.82, 2.24) is 0 Å². The van der Waals surface area contributed by atoms with Gasteiger partial charge in [0.15, 0.2) is 0 Å². The minimum absolute atomic E-state index is 0.0829. The molecule has 0 heterocycles. The number of ether oxygens (including phenoxy) is 1. The Hall–Kier alpha value is -1.03. The lowest BCUT2D eigenvalue weighted by molar-refractivity contribution is 0.414. The molecule has 2 aromatic rings. The summed E-state index contributed by atoms with van der Waals surface area (Å²) >= 11 is 9.47. The van der Waals surface area contributed by atoms with Crippen molar-refractivity contribution in [1.29, 1.82) is 0 Å². The van der Waals surface area contributed by atoms with E-state index in [1.54, 1.807) is 7.11 Å². The van der Waals surface area contributed by atoms with Crippen LogP contribution in [0.3, 0.4) is 0 Å². The Balaban J connectivity index is 2.18. The second-order valence-corrected chi connectivity index (χ2v) is 5.66. The van der Waals surface area contributed by atoms with Crippen LogP contribution in [0, 0.1) is 0 Å². The lowest BCUT2D eigenvalue weighted by Crippen LogP contribution is -2.13. The molecule has 0 radical (unpaired) electrons. The number of rotatable bonds is 4. The third kappa shape index (κ3) is 3.72. The van der Waals surface area contributed by atoms with Crippen molar-refractivity contribution in [2.45, 2.75) is 12.5 Å². The summed E-state index contributed by atoms with van der Waals surface area (Å²) in [6.45, 7) is 0. The van der Waals surface area contributed by atoms with Gasteiger partial charge in [0.1, 0.15) is 5.75 Å². The molecule has 0 aliphatic heterocycles. The SMILES string of the molecule is COc1cc(C(N)Cc2cccc(Br)c2)ccc1Cl. The molecule has 0 aliphatic carbocycles. The molecule has 1 atom stereocenters. The molecule has 19 heavy (non-hydrogen) atoms. The topological polar surface area (TPSA) is 35.2 Å². The van der Waals surface area contributed by atoms with Crippen molar-refractivity contribution in [2.24, 2.45) is 5.73 Å². The number of hydrogen-bond acceptors (Lipinski definition) is 2. The first-order valence-electron chi connectivity index (χ1n) is 5.93. The van der Waals surface area contributed by atoms with Gasteiger partial charge >= 0.3 is 0 Å². The van der Waals surface area contributed by atoms with Crippen molar-refractivity contribution < 1.29 is 4.74 Å². The molecule has 1 unspecified atom stereocenters. The third-order valence-electron chi connectivity index (χ3n) is 2.95. The van der Waals surface area contributed by atoms with Crippen molar-refractivity contribution in [3.05, 3.63) is 63.1 Å². The van der Waals surface area contributed by atoms with Crippen molar-refractivity contribution in [2.75, 3.05) is 7.11 Å². The average Bonchev–Trinajstić information content (AvgIpc) is 2.39. The zero-order valence-corrected chi connectivity index (χ0v) is 12.9. The fourth-order valence-corrected chi connectivity index (χ4v) is 2.58. The average molecular weight is 341 g/mol. The number of halogens is 2.